The number of anilines is 1. The summed E-state index contributed by atoms with van der Waals surface area (Å²) in [4.78, 5) is 11.8. The van der Waals surface area contributed by atoms with E-state index in [1.165, 1.54) is 0 Å². The molecular formula is C15H15BrClNO. The van der Waals surface area contributed by atoms with E-state index in [1.54, 1.807) is 0 Å². The molecule has 2 nitrogen and oxygen atoms in total. The van der Waals surface area contributed by atoms with Crippen molar-refractivity contribution in [2.24, 2.45) is 0 Å². The molecule has 0 spiro atoms. The SMILES string of the molecule is O=C(CCCCCl)Nc1ccc(Br)c2ccccc12. The molecule has 1 amide bonds. The first-order valence-corrected chi connectivity index (χ1v) is 7.58. The summed E-state index contributed by atoms with van der Waals surface area (Å²) in [7, 11) is 0. The van der Waals surface area contributed by atoms with E-state index in [4.69, 9.17) is 11.6 Å². The third-order valence-electron chi connectivity index (χ3n) is 2.93. The summed E-state index contributed by atoms with van der Waals surface area (Å²) in [6.45, 7) is 0. The first kappa shape index (κ1) is 14.4. The van der Waals surface area contributed by atoms with Crippen LogP contribution in [0.25, 0.3) is 10.8 Å². The molecule has 0 aromatic heterocycles. The van der Waals surface area contributed by atoms with E-state index >= 15 is 0 Å². The van der Waals surface area contributed by atoms with Crippen LogP contribution in [0.3, 0.4) is 0 Å². The average molecular weight is 341 g/mol. The average Bonchev–Trinajstić information content (AvgIpc) is 2.43. The second kappa shape index (κ2) is 6.92. The van der Waals surface area contributed by atoms with Crippen molar-refractivity contribution >= 4 is 49.9 Å². The Kier molecular flexibility index (Phi) is 5.23. The van der Waals surface area contributed by atoms with Gasteiger partial charge in [-0.3, -0.25) is 4.79 Å². The van der Waals surface area contributed by atoms with Crippen LogP contribution in [0.1, 0.15) is 19.3 Å². The van der Waals surface area contributed by atoms with Crippen molar-refractivity contribution in [1.82, 2.24) is 0 Å². The van der Waals surface area contributed by atoms with Crippen molar-refractivity contribution in [1.29, 1.82) is 0 Å². The minimum absolute atomic E-state index is 0.0394. The molecule has 0 fully saturated rings. The van der Waals surface area contributed by atoms with Crippen LogP contribution in [0.5, 0.6) is 0 Å². The van der Waals surface area contributed by atoms with Crippen molar-refractivity contribution in [3.63, 3.8) is 0 Å². The fourth-order valence-electron chi connectivity index (χ4n) is 1.96. The number of carbonyl (C=O) groups excluding carboxylic acids is 1. The zero-order chi connectivity index (χ0) is 13.7. The van der Waals surface area contributed by atoms with E-state index in [-0.39, 0.29) is 5.91 Å². The lowest BCUT2D eigenvalue weighted by Gasteiger charge is -2.09. The molecule has 0 unspecified atom stereocenters. The molecule has 2 aromatic rings. The van der Waals surface area contributed by atoms with Gasteiger partial charge in [0.25, 0.3) is 0 Å². The molecule has 19 heavy (non-hydrogen) atoms. The summed E-state index contributed by atoms with van der Waals surface area (Å²) in [5.41, 5.74) is 0.856. The number of benzene rings is 2. The molecule has 2 rings (SSSR count). The molecule has 1 N–H and O–H groups in total. The molecule has 0 heterocycles. The molecule has 0 aliphatic heterocycles. The molecule has 0 saturated heterocycles. The lowest BCUT2D eigenvalue weighted by Crippen LogP contribution is -2.11. The molecule has 0 bridgehead atoms. The molecule has 4 heteroatoms. The Balaban J connectivity index is 2.17. The monoisotopic (exact) mass is 339 g/mol. The van der Waals surface area contributed by atoms with Gasteiger partial charge in [0.15, 0.2) is 0 Å². The van der Waals surface area contributed by atoms with Gasteiger partial charge in [-0.25, -0.2) is 0 Å². The van der Waals surface area contributed by atoms with E-state index < -0.39 is 0 Å². The number of hydrogen-bond donors (Lipinski definition) is 1. The number of amides is 1. The van der Waals surface area contributed by atoms with Crippen LogP contribution in [-0.2, 0) is 4.79 Å². The van der Waals surface area contributed by atoms with Crippen LogP contribution in [0.15, 0.2) is 40.9 Å². The summed E-state index contributed by atoms with van der Waals surface area (Å²) < 4.78 is 1.03. The van der Waals surface area contributed by atoms with Crippen molar-refractivity contribution in [2.45, 2.75) is 19.3 Å². The molecular weight excluding hydrogens is 326 g/mol. The Morgan fingerprint density at radius 1 is 1.11 bits per heavy atom. The van der Waals surface area contributed by atoms with Crippen LogP contribution in [0.4, 0.5) is 5.69 Å². The van der Waals surface area contributed by atoms with Gasteiger partial charge in [0.05, 0.1) is 0 Å². The number of nitrogens with one attached hydrogen (secondary N) is 1. The number of rotatable bonds is 5. The minimum Gasteiger partial charge on any atom is -0.326 e. The molecule has 0 radical (unpaired) electrons. The van der Waals surface area contributed by atoms with Crippen LogP contribution < -0.4 is 5.32 Å². The number of halogens is 2. The first-order chi connectivity index (χ1) is 9.22. The number of fused-ring (bicyclic) bond motifs is 1. The lowest BCUT2D eigenvalue weighted by molar-refractivity contribution is -0.116. The predicted molar refractivity (Wildman–Crippen MR) is 84.8 cm³/mol. The van der Waals surface area contributed by atoms with E-state index in [0.717, 1.165) is 33.8 Å². The Labute approximate surface area is 126 Å². The Hall–Kier alpha value is -1.06. The number of unbranched alkanes of at least 4 members (excludes halogenated alkanes) is 1. The van der Waals surface area contributed by atoms with Gasteiger partial charge in [0, 0.05) is 27.8 Å². The number of carbonyl (C=O) groups is 1. The van der Waals surface area contributed by atoms with E-state index in [1.807, 2.05) is 36.4 Å². The fourth-order valence-corrected chi connectivity index (χ4v) is 2.63. The first-order valence-electron chi connectivity index (χ1n) is 6.25. The zero-order valence-electron chi connectivity index (χ0n) is 10.5. The molecule has 0 aliphatic carbocycles. The smallest absolute Gasteiger partial charge is 0.224 e. The van der Waals surface area contributed by atoms with Crippen molar-refractivity contribution in [3.8, 4) is 0 Å². The number of hydrogen-bond acceptors (Lipinski definition) is 1. The van der Waals surface area contributed by atoms with Gasteiger partial charge in [-0.1, -0.05) is 40.2 Å². The van der Waals surface area contributed by atoms with Gasteiger partial charge in [0.1, 0.15) is 0 Å². The Morgan fingerprint density at radius 2 is 1.84 bits per heavy atom. The third kappa shape index (κ3) is 3.71. The molecule has 100 valence electrons. The van der Waals surface area contributed by atoms with Gasteiger partial charge < -0.3 is 5.32 Å². The molecule has 0 atom stereocenters. The maximum absolute atomic E-state index is 11.8. The van der Waals surface area contributed by atoms with Crippen molar-refractivity contribution in [3.05, 3.63) is 40.9 Å². The standard InChI is InChI=1S/C15H15BrClNO/c16-13-8-9-14(12-6-2-1-5-11(12)13)18-15(19)7-3-4-10-17/h1-2,5-6,8-9H,3-4,7,10H2,(H,18,19). The summed E-state index contributed by atoms with van der Waals surface area (Å²) in [5, 5.41) is 5.11. The van der Waals surface area contributed by atoms with Crippen LogP contribution in [0, 0.1) is 0 Å². The van der Waals surface area contributed by atoms with Crippen LogP contribution in [0.2, 0.25) is 0 Å². The van der Waals surface area contributed by atoms with E-state index in [2.05, 4.69) is 21.2 Å². The normalized spacial score (nSPS) is 10.6. The Bertz CT molecular complexity index is 585. The lowest BCUT2D eigenvalue weighted by atomic mass is 10.1. The fraction of sp³-hybridized carbons (Fsp3) is 0.267. The second-order valence-electron chi connectivity index (χ2n) is 4.33. The van der Waals surface area contributed by atoms with Crippen LogP contribution >= 0.6 is 27.5 Å². The van der Waals surface area contributed by atoms with Gasteiger partial charge in [-0.15, -0.1) is 11.6 Å². The van der Waals surface area contributed by atoms with E-state index in [9.17, 15) is 4.79 Å². The number of alkyl halides is 1. The largest absolute Gasteiger partial charge is 0.326 e. The summed E-state index contributed by atoms with van der Waals surface area (Å²) in [6, 6.07) is 11.9. The Morgan fingerprint density at radius 3 is 2.58 bits per heavy atom. The maximum atomic E-state index is 11.8. The highest BCUT2D eigenvalue weighted by Gasteiger charge is 2.07. The zero-order valence-corrected chi connectivity index (χ0v) is 12.8. The topological polar surface area (TPSA) is 29.1 Å². The van der Waals surface area contributed by atoms with Gasteiger partial charge >= 0.3 is 0 Å². The van der Waals surface area contributed by atoms with Crippen LogP contribution in [-0.4, -0.2) is 11.8 Å². The highest BCUT2D eigenvalue weighted by atomic mass is 79.9. The van der Waals surface area contributed by atoms with Crippen molar-refractivity contribution < 1.29 is 4.79 Å². The quantitative estimate of drug-likeness (QED) is 0.605. The van der Waals surface area contributed by atoms with Crippen molar-refractivity contribution in [2.75, 3.05) is 11.2 Å². The molecule has 2 aromatic carbocycles. The summed E-state index contributed by atoms with van der Waals surface area (Å²) in [6.07, 6.45) is 2.21. The summed E-state index contributed by atoms with van der Waals surface area (Å²) in [5.74, 6) is 0.645. The summed E-state index contributed by atoms with van der Waals surface area (Å²) >= 11 is 9.12. The third-order valence-corrected chi connectivity index (χ3v) is 3.89. The maximum Gasteiger partial charge on any atom is 0.224 e. The van der Waals surface area contributed by atoms with Gasteiger partial charge in [-0.05, 0) is 30.4 Å². The van der Waals surface area contributed by atoms with E-state index in [0.29, 0.717) is 12.3 Å². The highest BCUT2D eigenvalue weighted by Crippen LogP contribution is 2.30. The minimum atomic E-state index is 0.0394. The predicted octanol–water partition coefficient (Wildman–Crippen LogP) is 4.95. The highest BCUT2D eigenvalue weighted by molar-refractivity contribution is 9.10. The molecule has 0 aliphatic rings. The van der Waals surface area contributed by atoms with Gasteiger partial charge in [0.2, 0.25) is 5.91 Å². The van der Waals surface area contributed by atoms with Gasteiger partial charge in [-0.2, -0.15) is 0 Å². The second-order valence-corrected chi connectivity index (χ2v) is 5.57. The molecule has 0 saturated carbocycles.